The van der Waals surface area contributed by atoms with Crippen LogP contribution in [0.15, 0.2) is 87.9 Å². The molecule has 0 radical (unpaired) electrons. The van der Waals surface area contributed by atoms with Gasteiger partial charge in [-0.15, -0.1) is 22.8 Å². The summed E-state index contributed by atoms with van der Waals surface area (Å²) >= 11 is 4.20. The summed E-state index contributed by atoms with van der Waals surface area (Å²) in [5, 5.41) is 17.5. The van der Waals surface area contributed by atoms with Crippen molar-refractivity contribution in [3.05, 3.63) is 88.9 Å². The number of amidine groups is 1. The summed E-state index contributed by atoms with van der Waals surface area (Å²) in [4.78, 5) is 23.9. The number of para-hydroxylation sites is 1. The summed E-state index contributed by atoms with van der Waals surface area (Å²) in [5.41, 5.74) is 7.02. The molecule has 0 bridgehead atoms. The number of anilines is 1. The molecule has 7 nitrogen and oxygen atoms in total. The molecule has 0 saturated heterocycles. The molecule has 0 saturated carbocycles. The minimum absolute atomic E-state index is 0.101. The fourth-order valence-corrected chi connectivity index (χ4v) is 2.54. The van der Waals surface area contributed by atoms with E-state index in [2.05, 4.69) is 33.7 Å². The second kappa shape index (κ2) is 8.83. The Balaban J connectivity index is 1.90. The van der Waals surface area contributed by atoms with Gasteiger partial charge in [-0.25, -0.2) is 4.79 Å². The summed E-state index contributed by atoms with van der Waals surface area (Å²) in [6.45, 7) is 0. The Kier molecular flexibility index (Phi) is 6.03. The number of aromatic carboxylic acids is 1. The maximum atomic E-state index is 11.9. The molecule has 0 spiro atoms. The average Bonchev–Trinajstić information content (AvgIpc) is 2.71. The predicted octanol–water partition coefficient (Wildman–Crippen LogP) is 3.06. The minimum Gasteiger partial charge on any atom is -0.478 e. The van der Waals surface area contributed by atoms with Gasteiger partial charge in [-0.05, 0) is 30.4 Å². The molecule has 1 aliphatic rings. The lowest BCUT2D eigenvalue weighted by molar-refractivity contribution is -0.108. The van der Waals surface area contributed by atoms with E-state index < -0.39 is 5.97 Å². The average molecular weight is 392 g/mol. The Bertz CT molecular complexity index is 1030. The van der Waals surface area contributed by atoms with E-state index in [-0.39, 0.29) is 17.1 Å². The summed E-state index contributed by atoms with van der Waals surface area (Å²) in [5.74, 6) is -1.03. The number of allylic oxidation sites excluding steroid dienone is 3. The standard InChI is InChI=1S/C20H16N4O3S/c25-18-11-10-14(28)12-17(18)22-24-19(13-6-2-1-3-7-13)23-21-16-9-5-4-8-15(16)20(26)27/h1-12,21,28H,(H,23,24)(H,26,27)/b22-17+. The van der Waals surface area contributed by atoms with Crippen LogP contribution in [0.4, 0.5) is 5.69 Å². The smallest absolute Gasteiger partial charge is 0.337 e. The van der Waals surface area contributed by atoms with Crippen molar-refractivity contribution in [2.24, 2.45) is 10.2 Å². The molecule has 0 unspecified atom stereocenters. The van der Waals surface area contributed by atoms with Gasteiger partial charge in [-0.1, -0.05) is 42.5 Å². The Morgan fingerprint density at radius 1 is 1.00 bits per heavy atom. The number of thiol groups is 1. The molecule has 2 aromatic carbocycles. The van der Waals surface area contributed by atoms with Crippen LogP contribution in [0.1, 0.15) is 15.9 Å². The quantitative estimate of drug-likeness (QED) is 0.206. The number of benzene rings is 2. The van der Waals surface area contributed by atoms with Crippen molar-refractivity contribution in [3.63, 3.8) is 0 Å². The van der Waals surface area contributed by atoms with Crippen molar-refractivity contribution in [2.75, 3.05) is 5.43 Å². The van der Waals surface area contributed by atoms with E-state index in [1.54, 1.807) is 36.4 Å². The fourth-order valence-electron chi connectivity index (χ4n) is 2.34. The Morgan fingerprint density at radius 2 is 1.71 bits per heavy atom. The highest BCUT2D eigenvalue weighted by molar-refractivity contribution is 7.84. The molecule has 0 atom stereocenters. The summed E-state index contributed by atoms with van der Waals surface area (Å²) < 4.78 is 0. The number of carboxylic acids is 1. The molecule has 8 heteroatoms. The molecule has 3 rings (SSSR count). The van der Waals surface area contributed by atoms with Crippen LogP contribution < -0.4 is 10.9 Å². The zero-order valence-electron chi connectivity index (χ0n) is 14.5. The van der Waals surface area contributed by atoms with Crippen LogP contribution in [-0.2, 0) is 4.79 Å². The number of carbonyl (C=O) groups is 2. The summed E-state index contributed by atoms with van der Waals surface area (Å²) in [6, 6.07) is 15.6. The van der Waals surface area contributed by atoms with E-state index >= 15 is 0 Å². The lowest BCUT2D eigenvalue weighted by atomic mass is 10.1. The topological polar surface area (TPSA) is 103 Å². The first kappa shape index (κ1) is 19.1. The minimum atomic E-state index is -1.06. The van der Waals surface area contributed by atoms with E-state index in [0.29, 0.717) is 22.0 Å². The predicted molar refractivity (Wildman–Crippen MR) is 112 cm³/mol. The summed E-state index contributed by atoms with van der Waals surface area (Å²) in [6.07, 6.45) is 4.47. The molecule has 140 valence electrons. The van der Waals surface area contributed by atoms with Gasteiger partial charge in [0.1, 0.15) is 5.71 Å². The number of carboxylic acid groups (broad SMARTS) is 1. The number of hydrazine groups is 1. The number of hydrogen-bond acceptors (Lipinski definition) is 6. The zero-order chi connectivity index (χ0) is 19.9. The van der Waals surface area contributed by atoms with Crippen molar-refractivity contribution in [1.29, 1.82) is 0 Å². The molecule has 0 heterocycles. The summed E-state index contributed by atoms with van der Waals surface area (Å²) in [7, 11) is 0. The van der Waals surface area contributed by atoms with Gasteiger partial charge in [0, 0.05) is 10.5 Å². The van der Waals surface area contributed by atoms with Crippen molar-refractivity contribution >= 4 is 41.6 Å². The van der Waals surface area contributed by atoms with E-state index in [4.69, 9.17) is 0 Å². The third-order valence-electron chi connectivity index (χ3n) is 3.72. The second-order valence-electron chi connectivity index (χ2n) is 5.67. The monoisotopic (exact) mass is 392 g/mol. The van der Waals surface area contributed by atoms with Crippen LogP contribution in [0.25, 0.3) is 0 Å². The van der Waals surface area contributed by atoms with E-state index in [0.717, 1.165) is 0 Å². The molecule has 1 aliphatic carbocycles. The molecule has 28 heavy (non-hydrogen) atoms. The van der Waals surface area contributed by atoms with Gasteiger partial charge in [-0.3, -0.25) is 15.6 Å². The van der Waals surface area contributed by atoms with Crippen LogP contribution >= 0.6 is 12.6 Å². The molecule has 0 aromatic heterocycles. The molecule has 0 fully saturated rings. The van der Waals surface area contributed by atoms with Crippen LogP contribution in [0.5, 0.6) is 0 Å². The van der Waals surface area contributed by atoms with Crippen molar-refractivity contribution in [3.8, 4) is 0 Å². The van der Waals surface area contributed by atoms with Gasteiger partial charge in [0.05, 0.1) is 11.3 Å². The normalized spacial score (nSPS) is 15.3. The van der Waals surface area contributed by atoms with Crippen LogP contribution in [0.2, 0.25) is 0 Å². The number of carbonyl (C=O) groups excluding carboxylic acids is 1. The highest BCUT2D eigenvalue weighted by Gasteiger charge is 2.12. The van der Waals surface area contributed by atoms with Gasteiger partial charge in [0.25, 0.3) is 0 Å². The molecule has 0 amide bonds. The van der Waals surface area contributed by atoms with E-state index in [1.165, 1.54) is 18.2 Å². The van der Waals surface area contributed by atoms with Gasteiger partial charge < -0.3 is 5.11 Å². The largest absolute Gasteiger partial charge is 0.478 e. The molecule has 3 N–H and O–H groups in total. The first-order valence-electron chi connectivity index (χ1n) is 8.23. The number of rotatable bonds is 5. The molecule has 0 aliphatic heterocycles. The van der Waals surface area contributed by atoms with Crippen molar-refractivity contribution in [1.82, 2.24) is 5.43 Å². The maximum absolute atomic E-state index is 11.9. The SMILES string of the molecule is O=C1C=CC(S)=C/C1=N\N=C(/NNc1ccccc1C(=O)O)c1ccccc1. The van der Waals surface area contributed by atoms with Crippen molar-refractivity contribution < 1.29 is 14.7 Å². The Morgan fingerprint density at radius 3 is 2.46 bits per heavy atom. The van der Waals surface area contributed by atoms with Crippen LogP contribution in [0.3, 0.4) is 0 Å². The highest BCUT2D eigenvalue weighted by atomic mass is 32.1. The first-order valence-corrected chi connectivity index (χ1v) is 8.68. The van der Waals surface area contributed by atoms with E-state index in [1.807, 2.05) is 18.2 Å². The third kappa shape index (κ3) is 4.74. The zero-order valence-corrected chi connectivity index (χ0v) is 15.4. The van der Waals surface area contributed by atoms with Gasteiger partial charge in [-0.2, -0.15) is 0 Å². The van der Waals surface area contributed by atoms with Gasteiger partial charge in [0.2, 0.25) is 5.78 Å². The lowest BCUT2D eigenvalue weighted by Crippen LogP contribution is -2.31. The Hall–Kier alpha value is -3.65. The number of nitrogens with one attached hydrogen (secondary N) is 2. The molecule has 2 aromatic rings. The lowest BCUT2D eigenvalue weighted by Gasteiger charge is -2.13. The Labute approximate surface area is 166 Å². The fraction of sp³-hybridized carbons (Fsp3) is 0. The van der Waals surface area contributed by atoms with Crippen LogP contribution in [0, 0.1) is 0 Å². The second-order valence-corrected chi connectivity index (χ2v) is 6.18. The van der Waals surface area contributed by atoms with Gasteiger partial charge >= 0.3 is 5.97 Å². The highest BCUT2D eigenvalue weighted by Crippen LogP contribution is 2.14. The first-order chi connectivity index (χ1) is 13.5. The number of ketones is 1. The number of nitrogens with zero attached hydrogens (tertiary/aromatic N) is 2. The molecular formula is C20H16N4O3S. The van der Waals surface area contributed by atoms with Crippen LogP contribution in [-0.4, -0.2) is 28.4 Å². The van der Waals surface area contributed by atoms with Crippen molar-refractivity contribution in [2.45, 2.75) is 0 Å². The molecular weight excluding hydrogens is 376 g/mol. The van der Waals surface area contributed by atoms with Gasteiger partial charge in [0.15, 0.2) is 5.84 Å². The third-order valence-corrected chi connectivity index (χ3v) is 4.00. The number of hydrogen-bond donors (Lipinski definition) is 4. The van der Waals surface area contributed by atoms with E-state index in [9.17, 15) is 14.7 Å². The maximum Gasteiger partial charge on any atom is 0.337 e.